The molecule has 34 heavy (non-hydrogen) atoms. The summed E-state index contributed by atoms with van der Waals surface area (Å²) in [7, 11) is 0. The highest BCUT2D eigenvalue weighted by atomic mass is 19.3. The van der Waals surface area contributed by atoms with E-state index in [1.165, 1.54) is 12.1 Å². The Morgan fingerprint density at radius 3 is 1.94 bits per heavy atom. The van der Waals surface area contributed by atoms with Gasteiger partial charge in [0.05, 0.1) is 24.4 Å². The minimum absolute atomic E-state index is 0.0311. The van der Waals surface area contributed by atoms with Gasteiger partial charge in [-0.3, -0.25) is 0 Å². The van der Waals surface area contributed by atoms with Crippen molar-refractivity contribution < 1.29 is 40.6 Å². The lowest BCUT2D eigenvalue weighted by atomic mass is 9.81. The fraction of sp³-hybridized carbons (Fsp3) is 0.520. The zero-order chi connectivity index (χ0) is 24.6. The average molecular weight is 488 g/mol. The number of fused-ring (bicyclic) bond motifs is 3. The first-order valence-electron chi connectivity index (χ1n) is 11.4. The summed E-state index contributed by atoms with van der Waals surface area (Å²) < 4.78 is 105. The minimum Gasteiger partial charge on any atom is -0.491 e. The predicted octanol–water partition coefficient (Wildman–Crippen LogP) is 7.48. The van der Waals surface area contributed by atoms with E-state index in [4.69, 9.17) is 14.2 Å². The summed E-state index contributed by atoms with van der Waals surface area (Å²) in [4.78, 5) is 0. The van der Waals surface area contributed by atoms with Gasteiger partial charge in [0.1, 0.15) is 5.82 Å². The molecular weight excluding hydrogens is 462 g/mol. The van der Waals surface area contributed by atoms with Crippen LogP contribution < -0.4 is 4.74 Å². The number of benzene rings is 2. The molecule has 0 spiro atoms. The van der Waals surface area contributed by atoms with E-state index in [9.17, 15) is 17.6 Å². The topological polar surface area (TPSA) is 27.7 Å². The Balaban J connectivity index is 1.66. The van der Waals surface area contributed by atoms with Crippen molar-refractivity contribution in [3.05, 3.63) is 52.6 Å². The molecule has 1 saturated carbocycles. The molecule has 1 fully saturated rings. The van der Waals surface area contributed by atoms with E-state index in [0.29, 0.717) is 32.3 Å². The Hall–Kier alpha value is -2.26. The van der Waals surface area contributed by atoms with Crippen LogP contribution in [0.15, 0.2) is 24.3 Å². The molecule has 3 nitrogen and oxygen atoms in total. The molecule has 0 heterocycles. The van der Waals surface area contributed by atoms with Crippen LogP contribution in [-0.2, 0) is 15.6 Å². The van der Waals surface area contributed by atoms with Gasteiger partial charge < -0.3 is 14.2 Å². The molecule has 2 aliphatic carbocycles. The van der Waals surface area contributed by atoms with Gasteiger partial charge in [0.15, 0.2) is 23.9 Å². The van der Waals surface area contributed by atoms with Crippen molar-refractivity contribution in [1.29, 1.82) is 0 Å². The van der Waals surface area contributed by atoms with Gasteiger partial charge in [-0.2, -0.15) is 8.78 Å². The van der Waals surface area contributed by atoms with Crippen molar-refractivity contribution in [2.45, 2.75) is 70.2 Å². The van der Waals surface area contributed by atoms with Crippen LogP contribution >= 0.6 is 0 Å². The second-order valence-corrected chi connectivity index (χ2v) is 8.45. The second kappa shape index (κ2) is 9.77. The largest absolute Gasteiger partial charge is 0.491 e. The molecule has 0 aliphatic heterocycles. The van der Waals surface area contributed by atoms with E-state index >= 15 is 8.78 Å². The molecule has 0 bridgehead atoms. The highest BCUT2D eigenvalue weighted by Crippen LogP contribution is 2.52. The second-order valence-electron chi connectivity index (χ2n) is 8.45. The van der Waals surface area contributed by atoms with Gasteiger partial charge in [-0.15, -0.1) is 0 Å². The highest BCUT2D eigenvalue weighted by molar-refractivity contribution is 5.76. The van der Waals surface area contributed by atoms with Crippen molar-refractivity contribution in [3.63, 3.8) is 0 Å². The van der Waals surface area contributed by atoms with E-state index in [2.05, 4.69) is 0 Å². The quantitative estimate of drug-likeness (QED) is 0.378. The lowest BCUT2D eigenvalue weighted by molar-refractivity contribution is -0.280. The molecule has 0 amide bonds. The van der Waals surface area contributed by atoms with E-state index in [1.807, 2.05) is 6.92 Å². The van der Waals surface area contributed by atoms with Crippen LogP contribution in [0.1, 0.15) is 68.6 Å². The molecule has 0 saturated heterocycles. The molecule has 0 radical (unpaired) electrons. The van der Waals surface area contributed by atoms with Gasteiger partial charge in [-0.1, -0.05) is 12.1 Å². The maximum Gasteiger partial charge on any atom is 0.386 e. The summed E-state index contributed by atoms with van der Waals surface area (Å²) in [5.74, 6) is -2.96. The molecule has 186 valence electrons. The summed E-state index contributed by atoms with van der Waals surface area (Å²) in [6.45, 7) is 4.07. The highest BCUT2D eigenvalue weighted by Gasteiger charge is 2.45. The first kappa shape index (κ1) is 24.9. The Morgan fingerprint density at radius 2 is 1.35 bits per heavy atom. The summed E-state index contributed by atoms with van der Waals surface area (Å²) >= 11 is 0. The van der Waals surface area contributed by atoms with Crippen LogP contribution in [0, 0.1) is 11.6 Å². The molecule has 2 aromatic rings. The molecule has 0 N–H and O–H groups in total. The van der Waals surface area contributed by atoms with Crippen molar-refractivity contribution >= 4 is 0 Å². The molecule has 2 unspecified atom stereocenters. The molecule has 2 aliphatic rings. The van der Waals surface area contributed by atoms with Crippen LogP contribution in [0.5, 0.6) is 5.75 Å². The van der Waals surface area contributed by atoms with Crippen LogP contribution in [0.2, 0.25) is 0 Å². The molecule has 0 aromatic heterocycles. The normalized spacial score (nSPS) is 24.5. The molecular formula is C25H26F6O3. The molecule has 4 rings (SSSR count). The number of alkyl halides is 4. The Morgan fingerprint density at radius 1 is 0.794 bits per heavy atom. The minimum atomic E-state index is -4.06. The van der Waals surface area contributed by atoms with Crippen molar-refractivity contribution in [3.8, 4) is 16.9 Å². The van der Waals surface area contributed by atoms with Crippen molar-refractivity contribution in [1.82, 2.24) is 0 Å². The van der Waals surface area contributed by atoms with Crippen LogP contribution in [0.25, 0.3) is 11.1 Å². The standard InChI is InChI=1S/C25H26F6O3/c1-3-32-13-5-7-14(8-6-13)34-25(30,31)17-11-9-15-16-10-12-18(33-4-2)22(27)20(16)24(29)23(28)19(15)21(17)26/h9-14,23-24H,3-8H2,1-2H3. The lowest BCUT2D eigenvalue weighted by Gasteiger charge is -2.32. The van der Waals surface area contributed by atoms with Crippen LogP contribution in [-0.4, -0.2) is 25.4 Å². The summed E-state index contributed by atoms with van der Waals surface area (Å²) in [6.07, 6.45) is -8.51. The van der Waals surface area contributed by atoms with Crippen molar-refractivity contribution in [2.75, 3.05) is 13.2 Å². The summed E-state index contributed by atoms with van der Waals surface area (Å²) in [5.41, 5.74) is -2.96. The number of hydrogen-bond acceptors (Lipinski definition) is 3. The third kappa shape index (κ3) is 4.40. The van der Waals surface area contributed by atoms with Crippen LogP contribution in [0.3, 0.4) is 0 Å². The maximum absolute atomic E-state index is 15.3. The third-order valence-corrected chi connectivity index (χ3v) is 6.37. The molecule has 2 atom stereocenters. The zero-order valence-corrected chi connectivity index (χ0v) is 18.9. The lowest BCUT2D eigenvalue weighted by Crippen LogP contribution is -2.32. The SMILES string of the molecule is CCOc1ccc2c(c1F)C(F)C(F)c1c-2ccc(C(F)(F)OC2CCC(OCC)CC2)c1F. The maximum atomic E-state index is 15.3. The molecule has 2 aromatic carbocycles. The first-order valence-corrected chi connectivity index (χ1v) is 11.4. The average Bonchev–Trinajstić information content (AvgIpc) is 2.80. The summed E-state index contributed by atoms with van der Waals surface area (Å²) in [5, 5.41) is 0. The number of halogens is 6. The fourth-order valence-corrected chi connectivity index (χ4v) is 4.78. The Bertz CT molecular complexity index is 1040. The smallest absolute Gasteiger partial charge is 0.386 e. The van der Waals surface area contributed by atoms with E-state index in [-0.39, 0.29) is 29.6 Å². The van der Waals surface area contributed by atoms with Gasteiger partial charge in [0, 0.05) is 17.7 Å². The van der Waals surface area contributed by atoms with Gasteiger partial charge in [0.2, 0.25) is 0 Å². The molecule has 9 heteroatoms. The Kier molecular flexibility index (Phi) is 7.14. The summed E-state index contributed by atoms with van der Waals surface area (Å²) in [6, 6.07) is 4.32. The van der Waals surface area contributed by atoms with Crippen LogP contribution in [0.4, 0.5) is 26.3 Å². The number of rotatable bonds is 7. The van der Waals surface area contributed by atoms with E-state index < -0.39 is 52.9 Å². The first-order chi connectivity index (χ1) is 16.2. The fourth-order valence-electron chi connectivity index (χ4n) is 4.78. The Labute approximate surface area is 194 Å². The third-order valence-electron chi connectivity index (χ3n) is 6.37. The zero-order valence-electron chi connectivity index (χ0n) is 18.9. The van der Waals surface area contributed by atoms with Gasteiger partial charge in [-0.05, 0) is 62.8 Å². The van der Waals surface area contributed by atoms with Gasteiger partial charge in [0.25, 0.3) is 0 Å². The van der Waals surface area contributed by atoms with E-state index in [0.717, 1.165) is 12.1 Å². The van der Waals surface area contributed by atoms with Gasteiger partial charge >= 0.3 is 6.11 Å². The predicted molar refractivity (Wildman–Crippen MR) is 113 cm³/mol. The van der Waals surface area contributed by atoms with Crippen molar-refractivity contribution in [2.24, 2.45) is 0 Å². The monoisotopic (exact) mass is 488 g/mol. The number of ether oxygens (including phenoxy) is 3. The number of hydrogen-bond donors (Lipinski definition) is 0. The van der Waals surface area contributed by atoms with Gasteiger partial charge in [-0.25, -0.2) is 17.6 Å². The van der Waals surface area contributed by atoms with E-state index in [1.54, 1.807) is 6.92 Å².